The van der Waals surface area contributed by atoms with Crippen molar-refractivity contribution in [3.63, 3.8) is 0 Å². The van der Waals surface area contributed by atoms with E-state index in [1.54, 1.807) is 0 Å². The van der Waals surface area contributed by atoms with Crippen molar-refractivity contribution in [1.29, 1.82) is 0 Å². The van der Waals surface area contributed by atoms with Gasteiger partial charge in [0.15, 0.2) is 5.13 Å². The van der Waals surface area contributed by atoms with E-state index in [4.69, 9.17) is 5.73 Å². The first kappa shape index (κ1) is 16.6. The van der Waals surface area contributed by atoms with Crippen molar-refractivity contribution in [1.82, 2.24) is 4.98 Å². The summed E-state index contributed by atoms with van der Waals surface area (Å²) in [6.45, 7) is 2.00. The number of carbonyl (C=O) groups excluding carboxylic acids is 1. The molecule has 0 saturated carbocycles. The molecule has 3 N–H and O–H groups in total. The minimum absolute atomic E-state index is 0. The van der Waals surface area contributed by atoms with E-state index < -0.39 is 6.04 Å². The van der Waals surface area contributed by atoms with Crippen molar-refractivity contribution in [2.45, 2.75) is 25.8 Å². The Kier molecular flexibility index (Phi) is 6.64. The molecule has 6 heteroatoms. The van der Waals surface area contributed by atoms with Gasteiger partial charge in [-0.05, 0) is 6.42 Å². The third-order valence-corrected chi connectivity index (χ3v) is 3.50. The summed E-state index contributed by atoms with van der Waals surface area (Å²) in [6, 6.07) is 9.40. The molecule has 1 heterocycles. The smallest absolute Gasteiger partial charge is 0.243 e. The number of nitrogens with one attached hydrogen (secondary N) is 1. The van der Waals surface area contributed by atoms with E-state index in [1.165, 1.54) is 11.3 Å². The first-order valence-electron chi connectivity index (χ1n) is 6.28. The molecule has 1 atom stereocenters. The molecule has 0 aliphatic rings. The number of anilines is 1. The molecule has 1 amide bonds. The van der Waals surface area contributed by atoms with Crippen LogP contribution in [0, 0.1) is 0 Å². The standard InChI is InChI=1S/C14H17N3OS.ClH/c1-2-6-11(15)13(18)17-14-16-12(9-19-14)10-7-4-3-5-8-10;/h3-5,7-9,11H,2,6,15H2,1H3,(H,16,17,18);1H. The fourth-order valence-electron chi connectivity index (χ4n) is 1.71. The number of nitrogens with two attached hydrogens (primary N) is 1. The molecular formula is C14H18ClN3OS. The van der Waals surface area contributed by atoms with Crippen LogP contribution in [0.1, 0.15) is 19.8 Å². The van der Waals surface area contributed by atoms with Gasteiger partial charge < -0.3 is 11.1 Å². The molecule has 0 fully saturated rings. The Bertz CT molecular complexity index is 544. The molecule has 4 nitrogen and oxygen atoms in total. The third-order valence-electron chi connectivity index (χ3n) is 2.74. The number of hydrogen-bond donors (Lipinski definition) is 2. The summed E-state index contributed by atoms with van der Waals surface area (Å²) >= 11 is 1.41. The average Bonchev–Trinajstić information content (AvgIpc) is 2.88. The van der Waals surface area contributed by atoms with Crippen molar-refractivity contribution in [2.24, 2.45) is 5.73 Å². The summed E-state index contributed by atoms with van der Waals surface area (Å²) in [4.78, 5) is 16.2. The Morgan fingerprint density at radius 1 is 1.40 bits per heavy atom. The normalized spacial score (nSPS) is 11.5. The zero-order valence-corrected chi connectivity index (χ0v) is 12.8. The van der Waals surface area contributed by atoms with Gasteiger partial charge >= 0.3 is 0 Å². The minimum Gasteiger partial charge on any atom is -0.320 e. The number of carbonyl (C=O) groups is 1. The van der Waals surface area contributed by atoms with Crippen LogP contribution in [0.15, 0.2) is 35.7 Å². The molecule has 1 aromatic heterocycles. The maximum absolute atomic E-state index is 11.8. The number of halogens is 1. The van der Waals surface area contributed by atoms with Gasteiger partial charge in [-0.3, -0.25) is 4.79 Å². The first-order chi connectivity index (χ1) is 9.20. The number of thiazole rings is 1. The lowest BCUT2D eigenvalue weighted by molar-refractivity contribution is -0.117. The number of rotatable bonds is 5. The van der Waals surface area contributed by atoms with Crippen LogP contribution in [0.25, 0.3) is 11.3 Å². The predicted molar refractivity (Wildman–Crippen MR) is 86.3 cm³/mol. The van der Waals surface area contributed by atoms with Gasteiger partial charge in [0.1, 0.15) is 0 Å². The Labute approximate surface area is 128 Å². The molecular weight excluding hydrogens is 294 g/mol. The summed E-state index contributed by atoms with van der Waals surface area (Å²) in [5, 5.41) is 5.28. The van der Waals surface area contributed by atoms with Gasteiger partial charge in [-0.1, -0.05) is 43.7 Å². The lowest BCUT2D eigenvalue weighted by Crippen LogP contribution is -2.35. The predicted octanol–water partition coefficient (Wildman–Crippen LogP) is 3.30. The Hall–Kier alpha value is -1.43. The number of hydrogen-bond acceptors (Lipinski definition) is 4. The number of nitrogens with zero attached hydrogens (tertiary/aromatic N) is 1. The van der Waals surface area contributed by atoms with Crippen LogP contribution in [-0.2, 0) is 4.79 Å². The zero-order valence-electron chi connectivity index (χ0n) is 11.2. The van der Waals surface area contributed by atoms with E-state index in [2.05, 4.69) is 10.3 Å². The molecule has 2 rings (SSSR count). The van der Waals surface area contributed by atoms with Crippen LogP contribution in [0.2, 0.25) is 0 Å². The molecule has 0 aliphatic carbocycles. The van der Waals surface area contributed by atoms with Gasteiger partial charge in [0.25, 0.3) is 0 Å². The summed E-state index contributed by atoms with van der Waals surface area (Å²) in [6.07, 6.45) is 1.57. The van der Waals surface area contributed by atoms with E-state index in [0.717, 1.165) is 17.7 Å². The highest BCUT2D eigenvalue weighted by Crippen LogP contribution is 2.24. The molecule has 0 bridgehead atoms. The third kappa shape index (κ3) is 4.30. The molecule has 1 unspecified atom stereocenters. The summed E-state index contributed by atoms with van der Waals surface area (Å²) in [5.41, 5.74) is 7.66. The van der Waals surface area contributed by atoms with Crippen LogP contribution in [0.5, 0.6) is 0 Å². The van der Waals surface area contributed by atoms with Gasteiger partial charge in [0.05, 0.1) is 11.7 Å². The molecule has 2 aromatic rings. The van der Waals surface area contributed by atoms with Crippen molar-refractivity contribution in [3.05, 3.63) is 35.7 Å². The van der Waals surface area contributed by atoms with E-state index in [-0.39, 0.29) is 18.3 Å². The van der Waals surface area contributed by atoms with Crippen LogP contribution < -0.4 is 11.1 Å². The van der Waals surface area contributed by atoms with Crippen LogP contribution in [0.3, 0.4) is 0 Å². The van der Waals surface area contributed by atoms with Crippen molar-refractivity contribution < 1.29 is 4.79 Å². The average molecular weight is 312 g/mol. The highest BCUT2D eigenvalue weighted by molar-refractivity contribution is 7.14. The van der Waals surface area contributed by atoms with Gasteiger partial charge in [0, 0.05) is 10.9 Å². The summed E-state index contributed by atoms with van der Waals surface area (Å²) < 4.78 is 0. The summed E-state index contributed by atoms with van der Waals surface area (Å²) in [7, 11) is 0. The first-order valence-corrected chi connectivity index (χ1v) is 7.16. The summed E-state index contributed by atoms with van der Waals surface area (Å²) in [5.74, 6) is -0.171. The number of aromatic nitrogens is 1. The SMILES string of the molecule is CCCC(N)C(=O)Nc1nc(-c2ccccc2)cs1.Cl. The lowest BCUT2D eigenvalue weighted by Gasteiger charge is -2.08. The quantitative estimate of drug-likeness (QED) is 0.890. The molecule has 0 radical (unpaired) electrons. The van der Waals surface area contributed by atoms with E-state index >= 15 is 0 Å². The van der Waals surface area contributed by atoms with E-state index in [1.807, 2.05) is 42.6 Å². The van der Waals surface area contributed by atoms with Gasteiger partial charge in [-0.15, -0.1) is 23.7 Å². The second-order valence-electron chi connectivity index (χ2n) is 4.29. The van der Waals surface area contributed by atoms with Crippen LogP contribution >= 0.6 is 23.7 Å². The largest absolute Gasteiger partial charge is 0.320 e. The maximum Gasteiger partial charge on any atom is 0.243 e. The highest BCUT2D eigenvalue weighted by Gasteiger charge is 2.14. The number of benzene rings is 1. The molecule has 1 aromatic carbocycles. The second kappa shape index (κ2) is 7.99. The van der Waals surface area contributed by atoms with Crippen molar-refractivity contribution in [2.75, 3.05) is 5.32 Å². The second-order valence-corrected chi connectivity index (χ2v) is 5.15. The molecule has 0 saturated heterocycles. The van der Waals surface area contributed by atoms with Gasteiger partial charge in [0.2, 0.25) is 5.91 Å². The van der Waals surface area contributed by atoms with Crippen LogP contribution in [0.4, 0.5) is 5.13 Å². The van der Waals surface area contributed by atoms with E-state index in [9.17, 15) is 4.79 Å². The monoisotopic (exact) mass is 311 g/mol. The van der Waals surface area contributed by atoms with Crippen molar-refractivity contribution in [3.8, 4) is 11.3 Å². The Morgan fingerprint density at radius 3 is 2.75 bits per heavy atom. The van der Waals surface area contributed by atoms with Gasteiger partial charge in [-0.2, -0.15) is 0 Å². The van der Waals surface area contributed by atoms with Gasteiger partial charge in [-0.25, -0.2) is 4.98 Å². The fourth-order valence-corrected chi connectivity index (χ4v) is 2.44. The Balaban J connectivity index is 0.00000200. The fraction of sp³-hybridized carbons (Fsp3) is 0.286. The molecule has 20 heavy (non-hydrogen) atoms. The molecule has 108 valence electrons. The Morgan fingerprint density at radius 2 is 2.10 bits per heavy atom. The molecule has 0 aliphatic heterocycles. The topological polar surface area (TPSA) is 68.0 Å². The van der Waals surface area contributed by atoms with Crippen LogP contribution in [-0.4, -0.2) is 16.9 Å². The minimum atomic E-state index is -0.464. The molecule has 0 spiro atoms. The highest BCUT2D eigenvalue weighted by atomic mass is 35.5. The van der Waals surface area contributed by atoms with Crippen molar-refractivity contribution >= 4 is 34.8 Å². The lowest BCUT2D eigenvalue weighted by atomic mass is 10.2. The number of amides is 1. The van der Waals surface area contributed by atoms with E-state index in [0.29, 0.717) is 11.6 Å². The zero-order chi connectivity index (χ0) is 13.7. The maximum atomic E-state index is 11.8.